The molecule has 0 heterocycles. The largest absolute Gasteiger partial charge is 0.465 e. The van der Waals surface area contributed by atoms with Crippen LogP contribution in [0.15, 0.2) is 60.7 Å². The highest BCUT2D eigenvalue weighted by Crippen LogP contribution is 2.60. The first-order chi connectivity index (χ1) is 11.2. The highest BCUT2D eigenvalue weighted by molar-refractivity contribution is 5.80. The number of hydrogen-bond donors (Lipinski definition) is 0. The van der Waals surface area contributed by atoms with Gasteiger partial charge in [0.15, 0.2) is 0 Å². The van der Waals surface area contributed by atoms with E-state index in [9.17, 15) is 4.79 Å². The summed E-state index contributed by atoms with van der Waals surface area (Å²) in [6, 6.07) is 20.6. The molecule has 2 heteroatoms. The third kappa shape index (κ3) is 3.47. The summed E-state index contributed by atoms with van der Waals surface area (Å²) in [5.41, 5.74) is 2.46. The second-order valence-electron chi connectivity index (χ2n) is 6.54. The summed E-state index contributed by atoms with van der Waals surface area (Å²) >= 11 is 0. The van der Waals surface area contributed by atoms with Crippen molar-refractivity contribution in [2.75, 3.05) is 6.61 Å². The van der Waals surface area contributed by atoms with E-state index in [0.717, 1.165) is 6.42 Å². The fourth-order valence-corrected chi connectivity index (χ4v) is 3.22. The van der Waals surface area contributed by atoms with Crippen LogP contribution in [0.25, 0.3) is 0 Å². The van der Waals surface area contributed by atoms with Crippen LogP contribution in [-0.2, 0) is 9.53 Å². The van der Waals surface area contributed by atoms with E-state index in [1.54, 1.807) is 0 Å². The van der Waals surface area contributed by atoms with Gasteiger partial charge in [0.1, 0.15) is 0 Å². The maximum atomic E-state index is 12.6. The third-order valence-electron chi connectivity index (χ3n) is 4.87. The lowest BCUT2D eigenvalue weighted by Gasteiger charge is -2.09. The number of carbonyl (C=O) groups is 1. The Hall–Kier alpha value is -2.09. The average Bonchev–Trinajstić information content (AvgIpc) is 3.36. The maximum absolute atomic E-state index is 12.6. The normalized spacial score (nSPS) is 24.0. The van der Waals surface area contributed by atoms with Crippen LogP contribution in [0.4, 0.5) is 0 Å². The molecule has 2 nitrogen and oxygen atoms in total. The van der Waals surface area contributed by atoms with Gasteiger partial charge in [0, 0.05) is 11.8 Å². The minimum absolute atomic E-state index is 0.0481. The van der Waals surface area contributed by atoms with Crippen LogP contribution in [0.3, 0.4) is 0 Å². The van der Waals surface area contributed by atoms with Crippen molar-refractivity contribution in [2.45, 2.75) is 32.1 Å². The van der Waals surface area contributed by atoms with E-state index >= 15 is 0 Å². The molecular formula is C21H24O2. The molecule has 0 aliphatic heterocycles. The molecule has 3 rings (SSSR count). The lowest BCUT2D eigenvalue weighted by atomic mass is 10.0. The molecule has 2 aromatic carbocycles. The van der Waals surface area contributed by atoms with Crippen molar-refractivity contribution in [1.29, 1.82) is 0 Å². The number of benzene rings is 2. The molecule has 1 unspecified atom stereocenters. The Balaban J connectivity index is 1.78. The van der Waals surface area contributed by atoms with Gasteiger partial charge in [0.25, 0.3) is 0 Å². The summed E-state index contributed by atoms with van der Waals surface area (Å²) in [4.78, 5) is 12.6. The number of hydrogen-bond acceptors (Lipinski definition) is 2. The molecule has 0 N–H and O–H groups in total. The first-order valence-electron chi connectivity index (χ1n) is 8.49. The van der Waals surface area contributed by atoms with Gasteiger partial charge in [-0.25, -0.2) is 0 Å². The summed E-state index contributed by atoms with van der Waals surface area (Å²) in [6.45, 7) is 4.76. The lowest BCUT2D eigenvalue weighted by molar-refractivity contribution is -0.146. The van der Waals surface area contributed by atoms with Gasteiger partial charge in [0.2, 0.25) is 0 Å². The fourth-order valence-electron chi connectivity index (χ4n) is 3.22. The lowest BCUT2D eigenvalue weighted by Crippen LogP contribution is -2.14. The summed E-state index contributed by atoms with van der Waals surface area (Å²) in [6.07, 6.45) is 1.03. The first kappa shape index (κ1) is 15.8. The predicted molar refractivity (Wildman–Crippen MR) is 92.3 cm³/mol. The second-order valence-corrected chi connectivity index (χ2v) is 6.54. The second kappa shape index (κ2) is 6.99. The van der Waals surface area contributed by atoms with Crippen LogP contribution in [0.2, 0.25) is 0 Å². The van der Waals surface area contributed by atoms with E-state index < -0.39 is 0 Å². The summed E-state index contributed by atoms with van der Waals surface area (Å²) < 4.78 is 5.58. The van der Waals surface area contributed by atoms with Gasteiger partial charge in [-0.2, -0.15) is 0 Å². The van der Waals surface area contributed by atoms with Gasteiger partial charge < -0.3 is 4.74 Å². The molecule has 0 amide bonds. The predicted octanol–water partition coefficient (Wildman–Crippen LogP) is 4.77. The molecule has 0 saturated heterocycles. The molecule has 120 valence electrons. The van der Waals surface area contributed by atoms with Crippen LogP contribution in [-0.4, -0.2) is 12.6 Å². The van der Waals surface area contributed by atoms with E-state index in [1.807, 2.05) is 36.4 Å². The minimum atomic E-state index is -0.0520. The van der Waals surface area contributed by atoms with E-state index in [-0.39, 0.29) is 23.7 Å². The van der Waals surface area contributed by atoms with Gasteiger partial charge in [-0.3, -0.25) is 4.79 Å². The Morgan fingerprint density at radius 1 is 0.957 bits per heavy atom. The van der Waals surface area contributed by atoms with Crippen LogP contribution in [0.5, 0.6) is 0 Å². The number of carbonyl (C=O) groups excluding carboxylic acids is 1. The molecule has 23 heavy (non-hydrogen) atoms. The van der Waals surface area contributed by atoms with Gasteiger partial charge in [-0.15, -0.1) is 0 Å². The van der Waals surface area contributed by atoms with E-state index in [0.29, 0.717) is 12.5 Å². The van der Waals surface area contributed by atoms with Gasteiger partial charge in [-0.1, -0.05) is 80.9 Å². The van der Waals surface area contributed by atoms with Crippen LogP contribution in [0, 0.1) is 11.8 Å². The van der Waals surface area contributed by atoms with Crippen molar-refractivity contribution in [3.63, 3.8) is 0 Å². The zero-order valence-corrected chi connectivity index (χ0v) is 13.8. The Kier molecular flexibility index (Phi) is 4.80. The quantitative estimate of drug-likeness (QED) is 0.718. The third-order valence-corrected chi connectivity index (χ3v) is 4.87. The number of esters is 1. The molecule has 1 saturated carbocycles. The zero-order valence-electron chi connectivity index (χ0n) is 13.8. The van der Waals surface area contributed by atoms with Crippen molar-refractivity contribution in [2.24, 2.45) is 11.8 Å². The van der Waals surface area contributed by atoms with Crippen molar-refractivity contribution >= 4 is 5.97 Å². The Morgan fingerprint density at radius 2 is 1.43 bits per heavy atom. The fraction of sp³-hybridized carbons (Fsp3) is 0.381. The van der Waals surface area contributed by atoms with E-state index in [2.05, 4.69) is 38.1 Å². The Labute approximate surface area is 138 Å². The van der Waals surface area contributed by atoms with Gasteiger partial charge in [0.05, 0.1) is 12.5 Å². The van der Waals surface area contributed by atoms with Gasteiger partial charge >= 0.3 is 5.97 Å². The molecule has 2 aromatic rings. The Bertz CT molecular complexity index is 590. The zero-order chi connectivity index (χ0) is 16.2. The molecule has 0 radical (unpaired) electrons. The highest BCUT2D eigenvalue weighted by Gasteiger charge is 2.57. The summed E-state index contributed by atoms with van der Waals surface area (Å²) in [5.74, 6) is 0.797. The van der Waals surface area contributed by atoms with E-state index in [4.69, 9.17) is 4.74 Å². The van der Waals surface area contributed by atoms with Crippen molar-refractivity contribution < 1.29 is 9.53 Å². The molecule has 0 bridgehead atoms. The van der Waals surface area contributed by atoms with Crippen LogP contribution >= 0.6 is 0 Å². The van der Waals surface area contributed by atoms with Crippen molar-refractivity contribution in [1.82, 2.24) is 0 Å². The number of rotatable bonds is 6. The summed E-state index contributed by atoms with van der Waals surface area (Å²) in [7, 11) is 0. The first-order valence-corrected chi connectivity index (χ1v) is 8.49. The average molecular weight is 308 g/mol. The smallest absolute Gasteiger partial charge is 0.310 e. The molecule has 0 spiro atoms. The van der Waals surface area contributed by atoms with Gasteiger partial charge in [-0.05, 0) is 17.0 Å². The highest BCUT2D eigenvalue weighted by atomic mass is 16.5. The van der Waals surface area contributed by atoms with E-state index in [1.165, 1.54) is 11.1 Å². The topological polar surface area (TPSA) is 26.3 Å². The minimum Gasteiger partial charge on any atom is -0.465 e. The van der Waals surface area contributed by atoms with Crippen LogP contribution < -0.4 is 0 Å². The van der Waals surface area contributed by atoms with Crippen molar-refractivity contribution in [3.8, 4) is 0 Å². The number of ether oxygens (including phenoxy) is 1. The maximum Gasteiger partial charge on any atom is 0.310 e. The molecule has 1 aliphatic carbocycles. The standard InChI is InChI=1S/C21H24O2/c1-3-15(2)14-23-21(22)20-18(16-10-6-4-7-11-16)19(20)17-12-8-5-9-13-17/h4-13,15,18-20H,3,14H2,1-2H3/t15-,18-,19+,20?/m0/s1. The molecular weight excluding hydrogens is 284 g/mol. The molecule has 0 aromatic heterocycles. The SMILES string of the molecule is CC[C@H](C)COC(=O)C1[C@@H](c2ccccc2)[C@H]1c1ccccc1. The molecule has 1 fully saturated rings. The molecule has 4 atom stereocenters. The summed E-state index contributed by atoms with van der Waals surface area (Å²) in [5, 5.41) is 0. The monoisotopic (exact) mass is 308 g/mol. The molecule has 1 aliphatic rings. The van der Waals surface area contributed by atoms with Crippen molar-refractivity contribution in [3.05, 3.63) is 71.8 Å². The Morgan fingerprint density at radius 3 is 1.87 bits per heavy atom. The van der Waals surface area contributed by atoms with Crippen LogP contribution in [0.1, 0.15) is 43.2 Å².